The Kier molecular flexibility index (Phi) is 2.30. The van der Waals surface area contributed by atoms with Gasteiger partial charge in [0.2, 0.25) is 0 Å². The molecule has 0 aliphatic carbocycles. The molecule has 4 heteroatoms. The van der Waals surface area contributed by atoms with Crippen LogP contribution >= 0.6 is 0 Å². The molecule has 1 rings (SSSR count). The van der Waals surface area contributed by atoms with Gasteiger partial charge in [-0.1, -0.05) is 12.1 Å². The number of anilines is 1. The third-order valence-corrected chi connectivity index (χ3v) is 1.60. The van der Waals surface area contributed by atoms with Crippen molar-refractivity contribution in [3.05, 3.63) is 29.3 Å². The fourth-order valence-corrected chi connectivity index (χ4v) is 0.937. The molecule has 0 atom stereocenters. The number of carbonyl (C=O) groups is 1. The number of aliphatic hydroxyl groups excluding tert-OH is 1. The molecule has 12 heavy (non-hydrogen) atoms. The molecule has 64 valence electrons. The van der Waals surface area contributed by atoms with E-state index in [1.165, 1.54) is 6.07 Å². The highest BCUT2D eigenvalue weighted by atomic mass is 16.4. The second-order valence-corrected chi connectivity index (χ2v) is 2.34. The maximum Gasteiger partial charge on any atom is 0.337 e. The van der Waals surface area contributed by atoms with Crippen molar-refractivity contribution < 1.29 is 15.0 Å². The Labute approximate surface area is 69.3 Å². The van der Waals surface area contributed by atoms with Gasteiger partial charge in [-0.3, -0.25) is 0 Å². The molecule has 0 fully saturated rings. The highest BCUT2D eigenvalue weighted by Crippen LogP contribution is 2.16. The Bertz CT molecular complexity index is 309. The summed E-state index contributed by atoms with van der Waals surface area (Å²) < 4.78 is 0. The van der Waals surface area contributed by atoms with E-state index < -0.39 is 5.97 Å². The van der Waals surface area contributed by atoms with E-state index in [2.05, 4.69) is 0 Å². The summed E-state index contributed by atoms with van der Waals surface area (Å²) in [5, 5.41) is 17.4. The van der Waals surface area contributed by atoms with Gasteiger partial charge in [-0.05, 0) is 6.07 Å². The number of hydrogen-bond acceptors (Lipinski definition) is 3. The highest BCUT2D eigenvalue weighted by Gasteiger charge is 2.09. The Morgan fingerprint density at radius 2 is 2.17 bits per heavy atom. The van der Waals surface area contributed by atoms with Gasteiger partial charge in [0.15, 0.2) is 0 Å². The highest BCUT2D eigenvalue weighted by molar-refractivity contribution is 5.94. The molecule has 0 aliphatic rings. The molecule has 1 aromatic rings. The Balaban J connectivity index is 3.23. The van der Waals surface area contributed by atoms with Crippen molar-refractivity contribution in [3.63, 3.8) is 0 Å². The van der Waals surface area contributed by atoms with E-state index in [1.54, 1.807) is 12.1 Å². The lowest BCUT2D eigenvalue weighted by molar-refractivity contribution is 0.0698. The number of para-hydroxylation sites is 1. The van der Waals surface area contributed by atoms with Crippen LogP contribution < -0.4 is 5.73 Å². The van der Waals surface area contributed by atoms with Gasteiger partial charge >= 0.3 is 5.97 Å². The van der Waals surface area contributed by atoms with E-state index >= 15 is 0 Å². The maximum atomic E-state index is 10.5. The molecule has 4 N–H and O–H groups in total. The molecule has 0 heterocycles. The average molecular weight is 167 g/mol. The third-order valence-electron chi connectivity index (χ3n) is 1.60. The summed E-state index contributed by atoms with van der Waals surface area (Å²) in [4.78, 5) is 10.5. The Morgan fingerprint density at radius 3 is 2.67 bits per heavy atom. The van der Waals surface area contributed by atoms with Crippen LogP contribution in [-0.4, -0.2) is 16.2 Å². The quantitative estimate of drug-likeness (QED) is 0.559. The first-order valence-corrected chi connectivity index (χ1v) is 3.38. The second-order valence-electron chi connectivity index (χ2n) is 2.34. The maximum absolute atomic E-state index is 10.5. The molecule has 0 radical (unpaired) electrons. The number of aromatic carboxylic acids is 1. The van der Waals surface area contributed by atoms with Crippen LogP contribution in [0.3, 0.4) is 0 Å². The monoisotopic (exact) mass is 167 g/mol. The van der Waals surface area contributed by atoms with E-state index in [4.69, 9.17) is 15.9 Å². The van der Waals surface area contributed by atoms with Gasteiger partial charge in [0, 0.05) is 5.56 Å². The smallest absolute Gasteiger partial charge is 0.337 e. The van der Waals surface area contributed by atoms with Crippen LogP contribution in [0, 0.1) is 0 Å². The summed E-state index contributed by atoms with van der Waals surface area (Å²) in [6.45, 7) is -0.243. The van der Waals surface area contributed by atoms with Gasteiger partial charge in [-0.2, -0.15) is 0 Å². The fraction of sp³-hybridized carbons (Fsp3) is 0.125. The van der Waals surface area contributed by atoms with E-state index in [0.29, 0.717) is 5.56 Å². The molecular formula is C8H9NO3. The van der Waals surface area contributed by atoms with Crippen LogP contribution in [0.5, 0.6) is 0 Å². The Hall–Kier alpha value is -1.55. The number of rotatable bonds is 2. The molecule has 1 aromatic carbocycles. The van der Waals surface area contributed by atoms with E-state index in [9.17, 15) is 4.79 Å². The minimum Gasteiger partial charge on any atom is -0.478 e. The van der Waals surface area contributed by atoms with Gasteiger partial charge in [0.1, 0.15) is 0 Å². The summed E-state index contributed by atoms with van der Waals surface area (Å²) in [7, 11) is 0. The minimum atomic E-state index is -1.08. The van der Waals surface area contributed by atoms with Crippen molar-refractivity contribution in [2.75, 3.05) is 5.73 Å². The van der Waals surface area contributed by atoms with Crippen molar-refractivity contribution >= 4 is 11.7 Å². The molecule has 0 spiro atoms. The van der Waals surface area contributed by atoms with E-state index in [-0.39, 0.29) is 17.9 Å². The lowest BCUT2D eigenvalue weighted by atomic mass is 10.1. The van der Waals surface area contributed by atoms with Crippen LogP contribution in [0.4, 0.5) is 5.69 Å². The minimum absolute atomic E-state index is 0.0292. The zero-order chi connectivity index (χ0) is 9.14. The van der Waals surface area contributed by atoms with Gasteiger partial charge in [-0.25, -0.2) is 4.79 Å². The zero-order valence-electron chi connectivity index (χ0n) is 6.32. The van der Waals surface area contributed by atoms with Crippen molar-refractivity contribution in [2.24, 2.45) is 0 Å². The van der Waals surface area contributed by atoms with Crippen molar-refractivity contribution in [1.82, 2.24) is 0 Å². The second kappa shape index (κ2) is 3.23. The molecule has 0 bridgehead atoms. The van der Waals surface area contributed by atoms with Gasteiger partial charge in [-0.15, -0.1) is 0 Å². The van der Waals surface area contributed by atoms with Crippen molar-refractivity contribution in [1.29, 1.82) is 0 Å². The standard InChI is InChI=1S/C8H9NO3/c9-7-5(4-10)2-1-3-6(7)8(11)12/h1-3,10H,4,9H2,(H,11,12). The Morgan fingerprint density at radius 1 is 1.50 bits per heavy atom. The number of nitrogens with two attached hydrogens (primary N) is 1. The van der Waals surface area contributed by atoms with Gasteiger partial charge in [0.25, 0.3) is 0 Å². The fourth-order valence-electron chi connectivity index (χ4n) is 0.937. The summed E-state index contributed by atoms with van der Waals surface area (Å²) in [6.07, 6.45) is 0. The number of carboxylic acid groups (broad SMARTS) is 1. The van der Waals surface area contributed by atoms with Crippen LogP contribution in [0.25, 0.3) is 0 Å². The number of carboxylic acids is 1. The topological polar surface area (TPSA) is 83.5 Å². The first-order valence-electron chi connectivity index (χ1n) is 3.38. The summed E-state index contributed by atoms with van der Waals surface area (Å²) >= 11 is 0. The first-order chi connectivity index (χ1) is 5.66. The van der Waals surface area contributed by atoms with Crippen LogP contribution in [0.15, 0.2) is 18.2 Å². The lowest BCUT2D eigenvalue weighted by Gasteiger charge is -2.04. The lowest BCUT2D eigenvalue weighted by Crippen LogP contribution is -2.05. The normalized spacial score (nSPS) is 9.75. The molecule has 0 saturated carbocycles. The molecule has 0 aromatic heterocycles. The SMILES string of the molecule is Nc1c(CO)cccc1C(=O)O. The van der Waals surface area contributed by atoms with Crippen LogP contribution in [0.2, 0.25) is 0 Å². The first kappa shape index (κ1) is 8.55. The van der Waals surface area contributed by atoms with Crippen LogP contribution in [-0.2, 0) is 6.61 Å². The van der Waals surface area contributed by atoms with Crippen molar-refractivity contribution in [3.8, 4) is 0 Å². The number of nitrogen functional groups attached to an aromatic ring is 1. The molecule has 4 nitrogen and oxygen atoms in total. The summed E-state index contributed by atoms with van der Waals surface area (Å²) in [6, 6.07) is 4.53. The van der Waals surface area contributed by atoms with Crippen LogP contribution in [0.1, 0.15) is 15.9 Å². The molecule has 0 aliphatic heterocycles. The summed E-state index contributed by atoms with van der Waals surface area (Å²) in [5.74, 6) is -1.08. The molecule has 0 amide bonds. The van der Waals surface area contributed by atoms with E-state index in [1.807, 2.05) is 0 Å². The number of benzene rings is 1. The summed E-state index contributed by atoms with van der Waals surface area (Å²) in [5.41, 5.74) is 6.05. The number of aliphatic hydroxyl groups is 1. The zero-order valence-corrected chi connectivity index (χ0v) is 6.32. The molecule has 0 unspecified atom stereocenters. The largest absolute Gasteiger partial charge is 0.478 e. The van der Waals surface area contributed by atoms with Crippen molar-refractivity contribution in [2.45, 2.75) is 6.61 Å². The number of hydrogen-bond donors (Lipinski definition) is 3. The predicted molar refractivity (Wildman–Crippen MR) is 43.7 cm³/mol. The van der Waals surface area contributed by atoms with E-state index in [0.717, 1.165) is 0 Å². The predicted octanol–water partition coefficient (Wildman–Crippen LogP) is 0.459. The van der Waals surface area contributed by atoms with Gasteiger partial charge in [0.05, 0.1) is 17.9 Å². The molecule has 0 saturated heterocycles. The van der Waals surface area contributed by atoms with Gasteiger partial charge < -0.3 is 15.9 Å². The average Bonchev–Trinajstić information content (AvgIpc) is 2.04. The molecular weight excluding hydrogens is 158 g/mol. The third kappa shape index (κ3) is 1.38.